The van der Waals surface area contributed by atoms with Crippen LogP contribution in [0.2, 0.25) is 0 Å². The number of likely N-dealkylation sites (tertiary alicyclic amines) is 1. The molecule has 0 spiro atoms. The van der Waals surface area contributed by atoms with Gasteiger partial charge in [-0.2, -0.15) is 5.26 Å². The first-order valence-electron chi connectivity index (χ1n) is 14.2. The average molecular weight is 572 g/mol. The van der Waals surface area contributed by atoms with Crippen LogP contribution in [0.25, 0.3) is 0 Å². The maximum Gasteiger partial charge on any atom is 0.322 e. The molecule has 4 atom stereocenters. The molecule has 216 valence electrons. The fourth-order valence-corrected chi connectivity index (χ4v) is 6.11. The van der Waals surface area contributed by atoms with Crippen LogP contribution in [-0.2, 0) is 10.3 Å². The lowest BCUT2D eigenvalue weighted by molar-refractivity contribution is -0.119. The number of halogens is 2. The van der Waals surface area contributed by atoms with E-state index in [0.717, 1.165) is 24.0 Å². The molecular formula is C32H31F2N5O3. The van der Waals surface area contributed by atoms with Gasteiger partial charge in [0, 0.05) is 24.2 Å². The number of hydrogen-bond donors (Lipinski definition) is 4. The van der Waals surface area contributed by atoms with Crippen molar-refractivity contribution in [1.29, 1.82) is 5.26 Å². The molecule has 42 heavy (non-hydrogen) atoms. The minimum absolute atomic E-state index is 0.00861. The maximum absolute atomic E-state index is 15.1. The Morgan fingerprint density at radius 2 is 1.93 bits per heavy atom. The molecule has 1 unspecified atom stereocenters. The second kappa shape index (κ2) is 11.2. The highest BCUT2D eigenvalue weighted by Gasteiger charge is 2.49. The number of rotatable bonds is 7. The first kappa shape index (κ1) is 27.8. The van der Waals surface area contributed by atoms with E-state index in [0.29, 0.717) is 17.2 Å². The lowest BCUT2D eigenvalue weighted by atomic mass is 9.68. The highest BCUT2D eigenvalue weighted by Crippen LogP contribution is 2.49. The van der Waals surface area contributed by atoms with Crippen LogP contribution in [0.4, 0.5) is 25.0 Å². The number of anilines is 2. The summed E-state index contributed by atoms with van der Waals surface area (Å²) >= 11 is 0. The number of nitriles is 1. The van der Waals surface area contributed by atoms with Gasteiger partial charge in [0.15, 0.2) is 0 Å². The molecular weight excluding hydrogens is 540 g/mol. The Hall–Kier alpha value is -4.33. The number of aliphatic hydroxyl groups is 1. The fourth-order valence-electron chi connectivity index (χ4n) is 6.11. The van der Waals surface area contributed by atoms with E-state index in [1.54, 1.807) is 18.2 Å². The van der Waals surface area contributed by atoms with Crippen molar-refractivity contribution in [3.8, 4) is 6.07 Å². The van der Waals surface area contributed by atoms with Gasteiger partial charge >= 0.3 is 6.03 Å². The number of carbonyl (C=O) groups is 2. The van der Waals surface area contributed by atoms with Crippen molar-refractivity contribution < 1.29 is 23.5 Å². The first-order chi connectivity index (χ1) is 20.3. The van der Waals surface area contributed by atoms with Gasteiger partial charge < -0.3 is 20.6 Å². The van der Waals surface area contributed by atoms with Crippen molar-refractivity contribution in [2.45, 2.75) is 55.8 Å². The minimum Gasteiger partial charge on any atom is -0.391 e. The van der Waals surface area contributed by atoms with E-state index in [1.165, 1.54) is 48.1 Å². The van der Waals surface area contributed by atoms with Crippen LogP contribution in [0.3, 0.4) is 0 Å². The number of β-amino-alcohol motifs (C(OH)–C–C–N with tert-alkyl or cyclic N) is 1. The molecule has 2 aromatic carbocycles. The SMILES string of the molecule is N#CC1=C[C@H]2NC(CCC3CC3)(c3ccc(F)c(NC(=O)[C@H]4C[C@@H](O)CN4C(=O)Nc4ccc(F)cc4)c3)C2=CC=C1. The molecule has 2 aromatic rings. The number of hydrogen-bond acceptors (Lipinski definition) is 5. The third-order valence-corrected chi connectivity index (χ3v) is 8.54. The van der Waals surface area contributed by atoms with Crippen LogP contribution in [0.15, 0.2) is 77.9 Å². The van der Waals surface area contributed by atoms with Crippen LogP contribution in [0, 0.1) is 28.9 Å². The normalized spacial score (nSPS) is 26.2. The van der Waals surface area contributed by atoms with Gasteiger partial charge in [-0.15, -0.1) is 0 Å². The summed E-state index contributed by atoms with van der Waals surface area (Å²) in [5, 5.41) is 28.6. The van der Waals surface area contributed by atoms with E-state index < -0.39 is 41.3 Å². The van der Waals surface area contributed by atoms with E-state index in [-0.39, 0.29) is 24.7 Å². The van der Waals surface area contributed by atoms with Gasteiger partial charge in [0.1, 0.15) is 17.7 Å². The first-order valence-corrected chi connectivity index (χ1v) is 14.2. The lowest BCUT2D eigenvalue weighted by Crippen LogP contribution is -2.62. The maximum atomic E-state index is 15.1. The van der Waals surface area contributed by atoms with Crippen molar-refractivity contribution in [1.82, 2.24) is 10.2 Å². The number of carbonyl (C=O) groups excluding carboxylic acids is 2. The molecule has 3 amide bonds. The van der Waals surface area contributed by atoms with Gasteiger partial charge in [-0.25, -0.2) is 13.6 Å². The number of benzene rings is 2. The van der Waals surface area contributed by atoms with Crippen molar-refractivity contribution in [3.63, 3.8) is 0 Å². The Kier molecular flexibility index (Phi) is 7.39. The summed E-state index contributed by atoms with van der Waals surface area (Å²) < 4.78 is 28.4. The van der Waals surface area contributed by atoms with E-state index in [2.05, 4.69) is 22.0 Å². The number of nitrogens with zero attached hydrogens (tertiary/aromatic N) is 2. The summed E-state index contributed by atoms with van der Waals surface area (Å²) in [6, 6.07) is 10.3. The molecule has 1 saturated carbocycles. The van der Waals surface area contributed by atoms with Crippen LogP contribution < -0.4 is 16.0 Å². The summed E-state index contributed by atoms with van der Waals surface area (Å²) in [7, 11) is 0. The standard InChI is InChI=1S/C32H31F2N5O3/c33-22-7-9-23(10-8-22)36-31(42)39-18-24(40)16-29(39)30(41)37-28-15-21(6-11-26(28)34)32(13-12-19-4-5-19)25-3-1-2-20(17-35)14-27(25)38-32/h1-3,6-11,14-15,19,24,27,29,38,40H,4-5,12-13,16,18H2,(H,36,42)(H,37,41)/t24-,27-,29-,32?/m1/s1. The molecule has 0 bridgehead atoms. The Bertz CT molecular complexity index is 1540. The molecule has 2 saturated heterocycles. The zero-order chi connectivity index (χ0) is 29.4. The molecule has 0 aromatic heterocycles. The third-order valence-electron chi connectivity index (χ3n) is 8.54. The van der Waals surface area contributed by atoms with E-state index in [9.17, 15) is 24.3 Å². The number of aliphatic hydroxyl groups excluding tert-OH is 1. The predicted octanol–water partition coefficient (Wildman–Crippen LogP) is 4.87. The second-order valence-electron chi connectivity index (χ2n) is 11.4. The Labute approximate surface area is 242 Å². The predicted molar refractivity (Wildman–Crippen MR) is 153 cm³/mol. The highest BCUT2D eigenvalue weighted by atomic mass is 19.1. The summed E-state index contributed by atoms with van der Waals surface area (Å²) in [6.45, 7) is -0.0803. The average Bonchev–Trinajstić information content (AvgIpc) is 3.74. The molecule has 2 aliphatic heterocycles. The number of fused-ring (bicyclic) bond motifs is 1. The molecule has 8 nitrogen and oxygen atoms in total. The summed E-state index contributed by atoms with van der Waals surface area (Å²) in [5.41, 5.74) is 2.18. The zero-order valence-corrected chi connectivity index (χ0v) is 22.8. The molecule has 0 radical (unpaired) electrons. The van der Waals surface area contributed by atoms with Gasteiger partial charge in [-0.1, -0.05) is 31.1 Å². The summed E-state index contributed by atoms with van der Waals surface area (Å²) in [5.74, 6) is -1.04. The summed E-state index contributed by atoms with van der Waals surface area (Å²) in [4.78, 5) is 27.6. The minimum atomic E-state index is -1.04. The monoisotopic (exact) mass is 571 g/mol. The Morgan fingerprint density at radius 1 is 1.14 bits per heavy atom. The number of amides is 3. The van der Waals surface area contributed by atoms with Gasteiger partial charge in [0.25, 0.3) is 0 Å². The van der Waals surface area contributed by atoms with Gasteiger partial charge in [-0.3, -0.25) is 10.1 Å². The Balaban J connectivity index is 1.23. The van der Waals surface area contributed by atoms with Crippen LogP contribution in [0.5, 0.6) is 0 Å². The molecule has 10 heteroatoms. The molecule has 4 aliphatic rings. The molecule has 2 heterocycles. The molecule has 2 aliphatic carbocycles. The highest BCUT2D eigenvalue weighted by molar-refractivity contribution is 6.00. The van der Waals surface area contributed by atoms with Crippen molar-refractivity contribution in [2.75, 3.05) is 17.2 Å². The Morgan fingerprint density at radius 3 is 2.67 bits per heavy atom. The van der Waals surface area contributed by atoms with Crippen LogP contribution in [0.1, 0.15) is 37.7 Å². The largest absolute Gasteiger partial charge is 0.391 e. The molecule has 3 fully saturated rings. The van der Waals surface area contributed by atoms with E-state index in [1.807, 2.05) is 18.2 Å². The van der Waals surface area contributed by atoms with Gasteiger partial charge in [-0.05, 0) is 78.4 Å². The lowest BCUT2D eigenvalue weighted by Gasteiger charge is -2.52. The van der Waals surface area contributed by atoms with Crippen molar-refractivity contribution in [3.05, 3.63) is 95.1 Å². The van der Waals surface area contributed by atoms with E-state index >= 15 is 4.39 Å². The number of allylic oxidation sites excluding steroid dienone is 4. The van der Waals surface area contributed by atoms with Crippen LogP contribution in [-0.4, -0.2) is 46.7 Å². The number of nitrogens with one attached hydrogen (secondary N) is 3. The van der Waals surface area contributed by atoms with Crippen molar-refractivity contribution in [2.24, 2.45) is 5.92 Å². The molecule has 4 N–H and O–H groups in total. The number of urea groups is 1. The second-order valence-corrected chi connectivity index (χ2v) is 11.4. The van der Waals surface area contributed by atoms with E-state index in [4.69, 9.17) is 0 Å². The topological polar surface area (TPSA) is 117 Å². The summed E-state index contributed by atoms with van der Waals surface area (Å²) in [6.07, 6.45) is 10.7. The van der Waals surface area contributed by atoms with Crippen molar-refractivity contribution >= 4 is 23.3 Å². The van der Waals surface area contributed by atoms with Gasteiger partial charge in [0.05, 0.1) is 29.4 Å². The zero-order valence-electron chi connectivity index (χ0n) is 22.8. The molecule has 6 rings (SSSR count). The van der Waals surface area contributed by atoms with Crippen LogP contribution >= 0.6 is 0 Å². The third kappa shape index (κ3) is 5.45. The quantitative estimate of drug-likeness (QED) is 0.378. The fraction of sp³-hybridized carbons (Fsp3) is 0.344. The smallest absolute Gasteiger partial charge is 0.322 e. The van der Waals surface area contributed by atoms with Gasteiger partial charge in [0.2, 0.25) is 5.91 Å².